The van der Waals surface area contributed by atoms with Gasteiger partial charge in [-0.3, -0.25) is 0 Å². The SMILES string of the molecule is Clc1cc(-c2ccc3c4ccc5ccccc5c4n(-c4ccc5ccccc5c4)c3c2)cc(N(c2ccccc2)c2ccc(-c3ccccc3)cc2)c1. The fourth-order valence-corrected chi connectivity index (χ4v) is 8.10. The maximum atomic E-state index is 7.02. The molecule has 9 aromatic carbocycles. The second-order valence-corrected chi connectivity index (χ2v) is 14.0. The molecule has 10 aromatic rings. The Labute approximate surface area is 313 Å². The van der Waals surface area contributed by atoms with E-state index in [2.05, 4.69) is 210 Å². The summed E-state index contributed by atoms with van der Waals surface area (Å²) in [5, 5.41) is 8.04. The summed E-state index contributed by atoms with van der Waals surface area (Å²) in [6.45, 7) is 0. The summed E-state index contributed by atoms with van der Waals surface area (Å²) in [5.74, 6) is 0. The van der Waals surface area contributed by atoms with E-state index in [0.717, 1.165) is 39.4 Å². The van der Waals surface area contributed by atoms with Gasteiger partial charge in [-0.1, -0.05) is 151 Å². The summed E-state index contributed by atoms with van der Waals surface area (Å²) in [6.07, 6.45) is 0. The van der Waals surface area contributed by atoms with Crippen LogP contribution >= 0.6 is 11.6 Å². The van der Waals surface area contributed by atoms with Crippen LogP contribution in [0.4, 0.5) is 17.1 Å². The summed E-state index contributed by atoms with van der Waals surface area (Å²) < 4.78 is 2.44. The van der Waals surface area contributed by atoms with Crippen molar-refractivity contribution in [2.75, 3.05) is 4.90 Å². The molecular weight excluding hydrogens is 664 g/mol. The van der Waals surface area contributed by atoms with Gasteiger partial charge in [-0.25, -0.2) is 0 Å². The zero-order valence-electron chi connectivity index (χ0n) is 28.8. The fourth-order valence-electron chi connectivity index (χ4n) is 7.87. The second-order valence-electron chi connectivity index (χ2n) is 13.6. The minimum Gasteiger partial charge on any atom is -0.310 e. The Kier molecular flexibility index (Phi) is 7.56. The average Bonchev–Trinajstić information content (AvgIpc) is 3.56. The van der Waals surface area contributed by atoms with Crippen molar-refractivity contribution in [2.24, 2.45) is 0 Å². The van der Waals surface area contributed by atoms with E-state index < -0.39 is 0 Å². The van der Waals surface area contributed by atoms with Crippen LogP contribution < -0.4 is 4.90 Å². The van der Waals surface area contributed by atoms with Gasteiger partial charge in [0.15, 0.2) is 0 Å². The van der Waals surface area contributed by atoms with E-state index in [9.17, 15) is 0 Å². The lowest BCUT2D eigenvalue weighted by molar-refractivity contribution is 1.19. The zero-order chi connectivity index (χ0) is 35.3. The molecule has 2 nitrogen and oxygen atoms in total. The molecule has 0 aliphatic carbocycles. The molecule has 0 unspecified atom stereocenters. The minimum atomic E-state index is 0.681. The molecule has 0 bridgehead atoms. The highest BCUT2D eigenvalue weighted by molar-refractivity contribution is 6.31. The van der Waals surface area contributed by atoms with Crippen molar-refractivity contribution < 1.29 is 0 Å². The van der Waals surface area contributed by atoms with Gasteiger partial charge >= 0.3 is 0 Å². The van der Waals surface area contributed by atoms with Crippen LogP contribution in [0.15, 0.2) is 200 Å². The Balaban J connectivity index is 1.16. The number of para-hydroxylation sites is 1. The largest absolute Gasteiger partial charge is 0.310 e. The molecule has 0 spiro atoms. The van der Waals surface area contributed by atoms with Gasteiger partial charge in [0.1, 0.15) is 0 Å². The van der Waals surface area contributed by atoms with Gasteiger partial charge in [0.25, 0.3) is 0 Å². The van der Waals surface area contributed by atoms with Gasteiger partial charge in [0.2, 0.25) is 0 Å². The van der Waals surface area contributed by atoms with Crippen LogP contribution in [0.2, 0.25) is 5.02 Å². The molecule has 0 aliphatic heterocycles. The van der Waals surface area contributed by atoms with E-state index in [1.165, 1.54) is 49.0 Å². The second kappa shape index (κ2) is 12.9. The lowest BCUT2D eigenvalue weighted by atomic mass is 10.0. The predicted molar refractivity (Wildman–Crippen MR) is 226 cm³/mol. The Morgan fingerprint density at radius 2 is 0.981 bits per heavy atom. The van der Waals surface area contributed by atoms with Crippen molar-refractivity contribution in [3.05, 3.63) is 205 Å². The molecule has 0 amide bonds. The predicted octanol–water partition coefficient (Wildman–Crippen LogP) is 14.5. The van der Waals surface area contributed by atoms with E-state index in [1.54, 1.807) is 0 Å². The summed E-state index contributed by atoms with van der Waals surface area (Å²) in [5.41, 5.74) is 11.1. The third kappa shape index (κ3) is 5.52. The zero-order valence-corrected chi connectivity index (χ0v) is 29.6. The summed E-state index contributed by atoms with van der Waals surface area (Å²) in [6, 6.07) is 71.5. The average molecular weight is 697 g/mol. The summed E-state index contributed by atoms with van der Waals surface area (Å²) in [4.78, 5) is 2.28. The van der Waals surface area contributed by atoms with Crippen LogP contribution in [-0.2, 0) is 0 Å². The first-order valence-corrected chi connectivity index (χ1v) is 18.3. The van der Waals surface area contributed by atoms with Gasteiger partial charge in [0.05, 0.1) is 11.0 Å². The molecule has 0 aliphatic rings. The first kappa shape index (κ1) is 31.2. The Bertz CT molecular complexity index is 2950. The Morgan fingerprint density at radius 3 is 1.79 bits per heavy atom. The monoisotopic (exact) mass is 696 g/mol. The minimum absolute atomic E-state index is 0.681. The number of nitrogens with zero attached hydrogens (tertiary/aromatic N) is 2. The molecule has 3 heteroatoms. The van der Waals surface area contributed by atoms with Gasteiger partial charge in [-0.15, -0.1) is 0 Å². The molecule has 0 fully saturated rings. The number of halogens is 1. The molecule has 0 atom stereocenters. The van der Waals surface area contributed by atoms with E-state index in [0.29, 0.717) is 5.02 Å². The number of benzene rings is 9. The van der Waals surface area contributed by atoms with E-state index >= 15 is 0 Å². The Hall–Kier alpha value is -6.61. The van der Waals surface area contributed by atoms with Crippen molar-refractivity contribution in [3.63, 3.8) is 0 Å². The number of anilines is 3. The van der Waals surface area contributed by atoms with Gasteiger partial charge in [-0.2, -0.15) is 0 Å². The highest BCUT2D eigenvalue weighted by Crippen LogP contribution is 2.42. The molecule has 1 aromatic heterocycles. The highest BCUT2D eigenvalue weighted by Gasteiger charge is 2.18. The first-order chi connectivity index (χ1) is 26.2. The van der Waals surface area contributed by atoms with Gasteiger partial charge in [0, 0.05) is 43.9 Å². The van der Waals surface area contributed by atoms with E-state index in [1.807, 2.05) is 0 Å². The van der Waals surface area contributed by atoms with Crippen molar-refractivity contribution in [1.82, 2.24) is 4.57 Å². The van der Waals surface area contributed by atoms with E-state index in [4.69, 9.17) is 11.6 Å². The lowest BCUT2D eigenvalue weighted by Crippen LogP contribution is -2.10. The lowest BCUT2D eigenvalue weighted by Gasteiger charge is -2.26. The molecule has 0 N–H and O–H groups in total. The molecular formula is C50H33ClN2. The maximum absolute atomic E-state index is 7.02. The van der Waals surface area contributed by atoms with Crippen LogP contribution in [0.3, 0.4) is 0 Å². The third-order valence-electron chi connectivity index (χ3n) is 10.4. The molecule has 0 saturated carbocycles. The summed E-state index contributed by atoms with van der Waals surface area (Å²) in [7, 11) is 0. The molecule has 1 heterocycles. The standard InChI is InChI=1S/C50H33ClN2/c51-41-29-40(31-45(33-41)52(42-16-5-2-6-17-42)43-24-19-36(20-25-43)34-11-3-1-4-12-34)39-23-27-47-48-28-22-37-14-9-10-18-46(37)50(48)53(49(47)32-39)44-26-21-35-13-7-8-15-38(35)30-44/h1-33H. The van der Waals surface area contributed by atoms with Crippen LogP contribution in [0.1, 0.15) is 0 Å². The van der Waals surface area contributed by atoms with Crippen LogP contribution in [0.25, 0.3) is 71.3 Å². The first-order valence-electron chi connectivity index (χ1n) is 17.9. The molecule has 0 radical (unpaired) electrons. The number of hydrogen-bond donors (Lipinski definition) is 0. The molecule has 250 valence electrons. The van der Waals surface area contributed by atoms with Crippen molar-refractivity contribution in [2.45, 2.75) is 0 Å². The summed E-state index contributed by atoms with van der Waals surface area (Å²) >= 11 is 7.02. The molecule has 0 saturated heterocycles. The molecule has 53 heavy (non-hydrogen) atoms. The smallest absolute Gasteiger partial charge is 0.0619 e. The van der Waals surface area contributed by atoms with Gasteiger partial charge < -0.3 is 9.47 Å². The van der Waals surface area contributed by atoms with E-state index in [-0.39, 0.29) is 0 Å². The third-order valence-corrected chi connectivity index (χ3v) is 10.6. The fraction of sp³-hybridized carbons (Fsp3) is 0. The van der Waals surface area contributed by atoms with Crippen molar-refractivity contribution in [3.8, 4) is 27.9 Å². The highest BCUT2D eigenvalue weighted by atomic mass is 35.5. The number of aromatic nitrogens is 1. The van der Waals surface area contributed by atoms with Crippen LogP contribution in [0.5, 0.6) is 0 Å². The normalized spacial score (nSPS) is 11.5. The van der Waals surface area contributed by atoms with Crippen molar-refractivity contribution >= 4 is 72.0 Å². The van der Waals surface area contributed by atoms with Gasteiger partial charge in [-0.05, 0) is 99.1 Å². The van der Waals surface area contributed by atoms with Crippen molar-refractivity contribution in [1.29, 1.82) is 0 Å². The molecule has 10 rings (SSSR count). The number of fused-ring (bicyclic) bond motifs is 6. The topological polar surface area (TPSA) is 8.17 Å². The number of rotatable bonds is 6. The Morgan fingerprint density at radius 1 is 0.358 bits per heavy atom. The maximum Gasteiger partial charge on any atom is 0.0619 e. The van der Waals surface area contributed by atoms with Crippen LogP contribution in [0, 0.1) is 0 Å². The number of hydrogen-bond acceptors (Lipinski definition) is 1. The van der Waals surface area contributed by atoms with Crippen LogP contribution in [-0.4, -0.2) is 4.57 Å². The quantitative estimate of drug-likeness (QED) is 0.168.